The summed E-state index contributed by atoms with van der Waals surface area (Å²) >= 11 is 0. The third kappa shape index (κ3) is 2.77. The summed E-state index contributed by atoms with van der Waals surface area (Å²) in [5, 5.41) is 0. The van der Waals surface area contributed by atoms with Gasteiger partial charge in [-0.3, -0.25) is 0 Å². The van der Waals surface area contributed by atoms with Crippen molar-refractivity contribution >= 4 is 11.1 Å². The maximum Gasteiger partial charge on any atom is 0.399 e. The Hall–Kier alpha value is -1.99. The fraction of sp³-hybridized carbons (Fsp3) is 0.222. The first-order valence-corrected chi connectivity index (χ1v) is 4.35. The number of hydrogen-bond donors (Lipinski definition) is 0. The third-order valence-corrected chi connectivity index (χ3v) is 1.75. The standard InChI is InChI=1S/C9H5F4NO3/c10-7(11)15-4-1-2-6-5(3-4)14-9(16-6)17-8(12)13/h1-3,7-8H. The Bertz CT molecular complexity index is 506. The van der Waals surface area contributed by atoms with Gasteiger partial charge in [-0.2, -0.15) is 22.5 Å². The van der Waals surface area contributed by atoms with Crippen molar-refractivity contribution in [2.75, 3.05) is 0 Å². The number of halogens is 4. The van der Waals surface area contributed by atoms with Crippen LogP contribution in [0, 0.1) is 0 Å². The Labute approximate surface area is 91.7 Å². The van der Waals surface area contributed by atoms with Gasteiger partial charge in [-0.25, -0.2) is 0 Å². The van der Waals surface area contributed by atoms with E-state index in [2.05, 4.69) is 14.5 Å². The van der Waals surface area contributed by atoms with Gasteiger partial charge in [-0.05, 0) is 12.1 Å². The molecule has 0 aliphatic rings. The molecule has 92 valence electrons. The van der Waals surface area contributed by atoms with Crippen LogP contribution < -0.4 is 9.47 Å². The lowest BCUT2D eigenvalue weighted by Crippen LogP contribution is -2.01. The number of fused-ring (bicyclic) bond motifs is 1. The fourth-order valence-electron chi connectivity index (χ4n) is 1.19. The molecule has 0 bridgehead atoms. The van der Waals surface area contributed by atoms with Crippen LogP contribution in [0.5, 0.6) is 11.8 Å². The van der Waals surface area contributed by atoms with E-state index in [4.69, 9.17) is 4.42 Å². The van der Waals surface area contributed by atoms with Crippen LogP contribution in [0.4, 0.5) is 17.6 Å². The summed E-state index contributed by atoms with van der Waals surface area (Å²) in [6, 6.07) is 3.59. The van der Waals surface area contributed by atoms with Crippen LogP contribution in [0.3, 0.4) is 0 Å². The number of rotatable bonds is 4. The SMILES string of the molecule is FC(F)Oc1ccc2oc(OC(F)F)nc2c1. The molecule has 0 saturated heterocycles. The van der Waals surface area contributed by atoms with Crippen molar-refractivity contribution in [1.82, 2.24) is 4.98 Å². The van der Waals surface area contributed by atoms with Crippen molar-refractivity contribution in [3.8, 4) is 11.8 Å². The molecule has 2 aromatic rings. The molecule has 0 fully saturated rings. The number of nitrogens with zero attached hydrogens (tertiary/aromatic N) is 1. The average molecular weight is 251 g/mol. The van der Waals surface area contributed by atoms with E-state index in [0.717, 1.165) is 6.07 Å². The van der Waals surface area contributed by atoms with Crippen molar-refractivity contribution in [1.29, 1.82) is 0 Å². The molecule has 0 spiro atoms. The number of alkyl halides is 4. The van der Waals surface area contributed by atoms with Gasteiger partial charge in [-0.15, -0.1) is 0 Å². The van der Waals surface area contributed by atoms with Crippen LogP contribution in [-0.2, 0) is 0 Å². The van der Waals surface area contributed by atoms with Crippen LogP contribution in [0.1, 0.15) is 0 Å². The fourth-order valence-corrected chi connectivity index (χ4v) is 1.19. The van der Waals surface area contributed by atoms with Gasteiger partial charge < -0.3 is 13.9 Å². The Morgan fingerprint density at radius 2 is 1.76 bits per heavy atom. The van der Waals surface area contributed by atoms with E-state index in [1.54, 1.807) is 0 Å². The topological polar surface area (TPSA) is 44.5 Å². The molecule has 1 heterocycles. The summed E-state index contributed by atoms with van der Waals surface area (Å²) in [4.78, 5) is 3.53. The molecule has 8 heteroatoms. The van der Waals surface area contributed by atoms with Gasteiger partial charge in [0.25, 0.3) is 0 Å². The van der Waals surface area contributed by atoms with E-state index in [1.807, 2.05) is 0 Å². The molecule has 0 aliphatic carbocycles. The summed E-state index contributed by atoms with van der Waals surface area (Å²) in [5.41, 5.74) is 0.209. The summed E-state index contributed by atoms with van der Waals surface area (Å²) in [6.07, 6.45) is -0.635. The normalized spacial score (nSPS) is 11.4. The highest BCUT2D eigenvalue weighted by molar-refractivity contribution is 5.74. The maximum absolute atomic E-state index is 11.9. The lowest BCUT2D eigenvalue weighted by atomic mass is 10.3. The van der Waals surface area contributed by atoms with E-state index < -0.39 is 19.3 Å². The lowest BCUT2D eigenvalue weighted by Gasteiger charge is -2.02. The molecule has 0 amide bonds. The molecular weight excluding hydrogens is 246 g/mol. The molecule has 0 radical (unpaired) electrons. The number of benzene rings is 1. The second-order valence-corrected chi connectivity index (χ2v) is 2.87. The van der Waals surface area contributed by atoms with Gasteiger partial charge in [-0.1, -0.05) is 0 Å². The molecule has 0 atom stereocenters. The predicted octanol–water partition coefficient (Wildman–Crippen LogP) is 3.03. The summed E-state index contributed by atoms with van der Waals surface area (Å²) in [7, 11) is 0. The molecule has 1 aromatic heterocycles. The summed E-state index contributed by atoms with van der Waals surface area (Å²) in [6.45, 7) is -6.05. The van der Waals surface area contributed by atoms with Crippen LogP contribution in [0.15, 0.2) is 22.6 Å². The zero-order chi connectivity index (χ0) is 12.4. The van der Waals surface area contributed by atoms with Gasteiger partial charge in [0, 0.05) is 6.07 Å². The quantitative estimate of drug-likeness (QED) is 0.783. The Morgan fingerprint density at radius 1 is 1.06 bits per heavy atom. The summed E-state index contributed by atoms with van der Waals surface area (Å²) < 4.78 is 60.3. The maximum atomic E-state index is 11.9. The van der Waals surface area contributed by atoms with Crippen molar-refractivity contribution in [2.45, 2.75) is 13.2 Å². The minimum Gasteiger partial charge on any atom is -0.435 e. The molecule has 0 N–H and O–H groups in total. The number of ether oxygens (including phenoxy) is 2. The third-order valence-electron chi connectivity index (χ3n) is 1.75. The summed E-state index contributed by atoms with van der Waals surface area (Å²) in [5.74, 6) is -0.149. The molecule has 2 rings (SSSR count). The van der Waals surface area contributed by atoms with Crippen LogP contribution in [-0.4, -0.2) is 18.2 Å². The van der Waals surface area contributed by atoms with Crippen molar-refractivity contribution < 1.29 is 31.5 Å². The van der Waals surface area contributed by atoms with Gasteiger partial charge in [0.05, 0.1) is 0 Å². The van der Waals surface area contributed by atoms with Gasteiger partial charge in [0.1, 0.15) is 11.3 Å². The molecule has 4 nitrogen and oxygen atoms in total. The van der Waals surface area contributed by atoms with Gasteiger partial charge >= 0.3 is 19.3 Å². The second kappa shape index (κ2) is 4.48. The Kier molecular flexibility index (Phi) is 3.03. The minimum atomic E-state index is -3.07. The predicted molar refractivity (Wildman–Crippen MR) is 47.3 cm³/mol. The second-order valence-electron chi connectivity index (χ2n) is 2.87. The first-order valence-electron chi connectivity index (χ1n) is 4.35. The first-order chi connectivity index (χ1) is 8.04. The van der Waals surface area contributed by atoms with Gasteiger partial charge in [0.2, 0.25) is 0 Å². The van der Waals surface area contributed by atoms with Gasteiger partial charge in [0.15, 0.2) is 5.58 Å². The highest BCUT2D eigenvalue weighted by atomic mass is 19.3. The van der Waals surface area contributed by atoms with E-state index in [0.29, 0.717) is 0 Å². The molecule has 0 saturated carbocycles. The molecular formula is C9H5F4NO3. The smallest absolute Gasteiger partial charge is 0.399 e. The molecule has 17 heavy (non-hydrogen) atoms. The Balaban J connectivity index is 2.27. The molecule has 0 unspecified atom stereocenters. The Morgan fingerprint density at radius 3 is 2.41 bits per heavy atom. The van der Waals surface area contributed by atoms with Crippen molar-refractivity contribution in [3.63, 3.8) is 0 Å². The minimum absolute atomic E-state index is 0.0822. The van der Waals surface area contributed by atoms with E-state index >= 15 is 0 Å². The lowest BCUT2D eigenvalue weighted by molar-refractivity contribution is -0.0664. The largest absolute Gasteiger partial charge is 0.435 e. The van der Waals surface area contributed by atoms with Crippen LogP contribution >= 0.6 is 0 Å². The number of oxazole rings is 1. The first kappa shape index (κ1) is 11.5. The molecule has 0 aliphatic heterocycles. The number of hydrogen-bond acceptors (Lipinski definition) is 4. The van der Waals surface area contributed by atoms with E-state index in [-0.39, 0.29) is 16.8 Å². The number of aromatic nitrogens is 1. The van der Waals surface area contributed by atoms with Crippen molar-refractivity contribution in [3.05, 3.63) is 18.2 Å². The molecule has 1 aromatic carbocycles. The zero-order valence-electron chi connectivity index (χ0n) is 8.07. The van der Waals surface area contributed by atoms with E-state index in [1.165, 1.54) is 12.1 Å². The average Bonchev–Trinajstić information content (AvgIpc) is 2.56. The highest BCUT2D eigenvalue weighted by Gasteiger charge is 2.13. The monoisotopic (exact) mass is 251 g/mol. The highest BCUT2D eigenvalue weighted by Crippen LogP contribution is 2.26. The van der Waals surface area contributed by atoms with Crippen LogP contribution in [0.25, 0.3) is 11.1 Å². The zero-order valence-corrected chi connectivity index (χ0v) is 8.07. The van der Waals surface area contributed by atoms with Crippen molar-refractivity contribution in [2.24, 2.45) is 0 Å². The van der Waals surface area contributed by atoms with E-state index in [9.17, 15) is 17.6 Å². The van der Waals surface area contributed by atoms with Crippen LogP contribution in [0.2, 0.25) is 0 Å².